The number of hydrogen-bond acceptors (Lipinski definition) is 0. The minimum absolute atomic E-state index is 0.759. The van der Waals surface area contributed by atoms with Gasteiger partial charge in [0.25, 0.3) is 0 Å². The largest absolute Gasteiger partial charge is 0.0682 e. The second kappa shape index (κ2) is 4.01. The van der Waals surface area contributed by atoms with Crippen molar-refractivity contribution in [3.05, 3.63) is 54.6 Å². The second-order valence-corrected chi connectivity index (χ2v) is 7.85. The molecule has 0 unspecified atom stereocenters. The number of hydrogen-bond donors (Lipinski definition) is 0. The summed E-state index contributed by atoms with van der Waals surface area (Å²) in [4.78, 5) is 0. The summed E-state index contributed by atoms with van der Waals surface area (Å²) in [6, 6.07) is 20.0. The zero-order chi connectivity index (χ0) is 11.8. The average molecular weight is 236 g/mol. The van der Waals surface area contributed by atoms with E-state index in [2.05, 4.69) is 67.7 Å². The van der Waals surface area contributed by atoms with Crippen molar-refractivity contribution < 1.29 is 0 Å². The smallest absolute Gasteiger partial charge is 0.0655 e. The molecule has 0 aliphatic carbocycles. The van der Waals surface area contributed by atoms with Gasteiger partial charge in [-0.2, -0.15) is 0 Å². The number of rotatable bonds is 1. The van der Waals surface area contributed by atoms with Crippen LogP contribution in [0.4, 0.5) is 0 Å². The number of fused-ring (bicyclic) bond motifs is 2. The molecule has 84 valence electrons. The Balaban J connectivity index is 2.43. The van der Waals surface area contributed by atoms with Gasteiger partial charge in [0.05, 0.1) is 8.80 Å². The van der Waals surface area contributed by atoms with Crippen molar-refractivity contribution in [2.75, 3.05) is 0 Å². The highest BCUT2D eigenvalue weighted by Crippen LogP contribution is 2.21. The minimum atomic E-state index is -0.759. The molecule has 0 heterocycles. The third kappa shape index (κ3) is 1.77. The molecule has 0 N–H and O–H groups in total. The number of benzene rings is 3. The molecule has 0 aromatic heterocycles. The highest BCUT2D eigenvalue weighted by Gasteiger charge is 2.06. The van der Waals surface area contributed by atoms with Gasteiger partial charge >= 0.3 is 0 Å². The molecule has 0 aliphatic rings. The lowest BCUT2D eigenvalue weighted by molar-refractivity contribution is 1.77. The lowest BCUT2D eigenvalue weighted by atomic mass is 10.0. The summed E-state index contributed by atoms with van der Waals surface area (Å²) < 4.78 is 0. The third-order valence-corrected chi connectivity index (χ3v) is 5.15. The highest BCUT2D eigenvalue weighted by molar-refractivity contribution is 6.73. The minimum Gasteiger partial charge on any atom is -0.0682 e. The zero-order valence-corrected chi connectivity index (χ0v) is 11.4. The van der Waals surface area contributed by atoms with Gasteiger partial charge in [-0.25, -0.2) is 0 Å². The summed E-state index contributed by atoms with van der Waals surface area (Å²) >= 11 is 0. The lowest BCUT2D eigenvalue weighted by Crippen LogP contribution is -2.23. The van der Waals surface area contributed by atoms with Crippen LogP contribution in [0.5, 0.6) is 0 Å². The van der Waals surface area contributed by atoms with Crippen LogP contribution in [-0.4, -0.2) is 8.80 Å². The van der Waals surface area contributed by atoms with Gasteiger partial charge in [0, 0.05) is 0 Å². The first kappa shape index (κ1) is 10.5. The standard InChI is InChI=1S/C16H16Si/c1-17(2)16-9-5-8-14-10-12-6-3-4-7-13(12)11-15(14)16/h3-11,17H,1-2H3. The molecule has 1 heteroatoms. The molecule has 0 aliphatic heterocycles. The van der Waals surface area contributed by atoms with Gasteiger partial charge in [0.15, 0.2) is 0 Å². The average Bonchev–Trinajstić information content (AvgIpc) is 2.35. The van der Waals surface area contributed by atoms with Gasteiger partial charge in [-0.3, -0.25) is 0 Å². The summed E-state index contributed by atoms with van der Waals surface area (Å²) in [7, 11) is -0.759. The van der Waals surface area contributed by atoms with E-state index < -0.39 is 8.80 Å². The third-order valence-electron chi connectivity index (χ3n) is 3.40. The van der Waals surface area contributed by atoms with Gasteiger partial charge < -0.3 is 0 Å². The highest BCUT2D eigenvalue weighted by atomic mass is 28.3. The van der Waals surface area contributed by atoms with E-state index in [9.17, 15) is 0 Å². The Hall–Kier alpha value is -1.60. The SMILES string of the molecule is C[SiH](C)c1cccc2cc3ccccc3cc12. The summed E-state index contributed by atoms with van der Waals surface area (Å²) in [6.45, 7) is 4.79. The van der Waals surface area contributed by atoms with Crippen LogP contribution in [0.3, 0.4) is 0 Å². The molecule has 17 heavy (non-hydrogen) atoms. The fourth-order valence-electron chi connectivity index (χ4n) is 2.49. The molecule has 0 bridgehead atoms. The molecule has 0 nitrogen and oxygen atoms in total. The van der Waals surface area contributed by atoms with E-state index in [1.807, 2.05) is 0 Å². The van der Waals surface area contributed by atoms with Crippen molar-refractivity contribution >= 4 is 35.5 Å². The normalized spacial score (nSPS) is 11.5. The Morgan fingerprint density at radius 2 is 1.35 bits per heavy atom. The van der Waals surface area contributed by atoms with Gasteiger partial charge in [-0.15, -0.1) is 0 Å². The van der Waals surface area contributed by atoms with E-state index in [4.69, 9.17) is 0 Å². The maximum Gasteiger partial charge on any atom is 0.0655 e. The van der Waals surface area contributed by atoms with Crippen molar-refractivity contribution in [2.45, 2.75) is 13.1 Å². The van der Waals surface area contributed by atoms with Crippen LogP contribution in [0.1, 0.15) is 0 Å². The Morgan fingerprint density at radius 3 is 2.06 bits per heavy atom. The molecule has 0 amide bonds. The van der Waals surface area contributed by atoms with Crippen molar-refractivity contribution in [3.63, 3.8) is 0 Å². The summed E-state index contributed by atoms with van der Waals surface area (Å²) in [5.41, 5.74) is 0. The van der Waals surface area contributed by atoms with Crippen LogP contribution >= 0.6 is 0 Å². The molecule has 3 aromatic carbocycles. The maximum atomic E-state index is 2.39. The van der Waals surface area contributed by atoms with E-state index in [1.165, 1.54) is 21.5 Å². The monoisotopic (exact) mass is 236 g/mol. The lowest BCUT2D eigenvalue weighted by Gasteiger charge is -2.10. The van der Waals surface area contributed by atoms with Crippen LogP contribution in [0.2, 0.25) is 13.1 Å². The molecule has 0 saturated heterocycles. The molecular formula is C16H16Si. The van der Waals surface area contributed by atoms with E-state index in [-0.39, 0.29) is 0 Å². The fourth-order valence-corrected chi connectivity index (χ4v) is 3.86. The first-order valence-electron chi connectivity index (χ1n) is 6.17. The maximum absolute atomic E-state index is 2.39. The zero-order valence-electron chi connectivity index (χ0n) is 10.3. The van der Waals surface area contributed by atoms with E-state index in [0.717, 1.165) is 0 Å². The molecule has 0 radical (unpaired) electrons. The molecule has 0 fully saturated rings. The van der Waals surface area contributed by atoms with E-state index >= 15 is 0 Å². The van der Waals surface area contributed by atoms with Crippen LogP contribution < -0.4 is 5.19 Å². The topological polar surface area (TPSA) is 0 Å². The van der Waals surface area contributed by atoms with Gasteiger partial charge in [-0.05, 0) is 33.7 Å². The van der Waals surface area contributed by atoms with E-state index in [1.54, 1.807) is 5.19 Å². The molecule has 3 rings (SSSR count). The van der Waals surface area contributed by atoms with Crippen LogP contribution in [0.15, 0.2) is 54.6 Å². The molecule has 3 aromatic rings. The Labute approximate surface area is 104 Å². The first-order chi connectivity index (χ1) is 8.25. The van der Waals surface area contributed by atoms with Gasteiger partial charge in [0.1, 0.15) is 0 Å². The predicted octanol–water partition coefficient (Wildman–Crippen LogP) is 3.69. The van der Waals surface area contributed by atoms with Crippen LogP contribution in [0.25, 0.3) is 21.5 Å². The Kier molecular flexibility index (Phi) is 2.48. The molecule has 0 saturated carbocycles. The quantitative estimate of drug-likeness (QED) is 0.446. The molecular weight excluding hydrogens is 220 g/mol. The van der Waals surface area contributed by atoms with Crippen molar-refractivity contribution in [1.82, 2.24) is 0 Å². The predicted molar refractivity (Wildman–Crippen MR) is 80.0 cm³/mol. The summed E-state index contributed by atoms with van der Waals surface area (Å²) in [5, 5.41) is 7.09. The Bertz CT molecular complexity index is 683. The van der Waals surface area contributed by atoms with Gasteiger partial charge in [-0.1, -0.05) is 60.7 Å². The second-order valence-electron chi connectivity index (χ2n) is 4.92. The van der Waals surface area contributed by atoms with Crippen molar-refractivity contribution in [1.29, 1.82) is 0 Å². The fraction of sp³-hybridized carbons (Fsp3) is 0.125. The van der Waals surface area contributed by atoms with Gasteiger partial charge in [0.2, 0.25) is 0 Å². The van der Waals surface area contributed by atoms with Crippen molar-refractivity contribution in [2.24, 2.45) is 0 Å². The molecule has 0 spiro atoms. The van der Waals surface area contributed by atoms with Crippen molar-refractivity contribution in [3.8, 4) is 0 Å². The Morgan fingerprint density at radius 1 is 0.706 bits per heavy atom. The van der Waals surface area contributed by atoms with Crippen LogP contribution in [0, 0.1) is 0 Å². The first-order valence-corrected chi connectivity index (χ1v) is 9.06. The van der Waals surface area contributed by atoms with E-state index in [0.29, 0.717) is 0 Å². The summed E-state index contributed by atoms with van der Waals surface area (Å²) in [5.74, 6) is 0. The van der Waals surface area contributed by atoms with Crippen LogP contribution in [-0.2, 0) is 0 Å². The summed E-state index contributed by atoms with van der Waals surface area (Å²) in [6.07, 6.45) is 0. The molecule has 0 atom stereocenters.